The van der Waals surface area contributed by atoms with Crippen molar-refractivity contribution in [2.24, 2.45) is 0 Å². The van der Waals surface area contributed by atoms with Gasteiger partial charge in [0.2, 0.25) is 0 Å². The van der Waals surface area contributed by atoms with Crippen molar-refractivity contribution in [2.75, 3.05) is 0 Å². The molecule has 2 aromatic rings. The van der Waals surface area contributed by atoms with Gasteiger partial charge in [-0.15, -0.1) is 22.9 Å². The molecule has 74 valence electrons. The van der Waals surface area contributed by atoms with Gasteiger partial charge in [0.25, 0.3) is 0 Å². The van der Waals surface area contributed by atoms with E-state index in [4.69, 9.17) is 28.3 Å². The van der Waals surface area contributed by atoms with Crippen LogP contribution in [-0.2, 0) is 12.5 Å². The molecule has 2 rings (SSSR count). The molecule has 0 unspecified atom stereocenters. The van der Waals surface area contributed by atoms with Gasteiger partial charge in [0.05, 0.1) is 11.6 Å². The van der Waals surface area contributed by atoms with Crippen molar-refractivity contribution in [3.05, 3.63) is 33.7 Å². The van der Waals surface area contributed by atoms with Crippen molar-refractivity contribution < 1.29 is 5.11 Å². The van der Waals surface area contributed by atoms with E-state index in [-0.39, 0.29) is 6.61 Å². The maximum absolute atomic E-state index is 9.06. The van der Waals surface area contributed by atoms with E-state index in [0.29, 0.717) is 5.88 Å². The molecule has 1 aromatic carbocycles. The Morgan fingerprint density at radius 2 is 2.14 bits per heavy atom. The molecule has 1 N–H and O–H groups in total. The molecular formula is C10H8Cl2OS. The van der Waals surface area contributed by atoms with Crippen LogP contribution in [0.3, 0.4) is 0 Å². The molecule has 0 radical (unpaired) electrons. The highest BCUT2D eigenvalue weighted by molar-refractivity contribution is 7.18. The highest BCUT2D eigenvalue weighted by Crippen LogP contribution is 2.34. The van der Waals surface area contributed by atoms with Crippen LogP contribution in [0.15, 0.2) is 17.5 Å². The first-order valence-electron chi connectivity index (χ1n) is 4.11. The van der Waals surface area contributed by atoms with Crippen molar-refractivity contribution in [3.8, 4) is 0 Å². The van der Waals surface area contributed by atoms with E-state index < -0.39 is 0 Å². The Morgan fingerprint density at radius 1 is 1.36 bits per heavy atom. The summed E-state index contributed by atoms with van der Waals surface area (Å²) in [6, 6.07) is 3.83. The lowest BCUT2D eigenvalue weighted by Gasteiger charge is -2.02. The fourth-order valence-corrected chi connectivity index (χ4v) is 2.99. The second-order valence-electron chi connectivity index (χ2n) is 3.01. The molecule has 0 spiro atoms. The fraction of sp³-hybridized carbons (Fsp3) is 0.200. The van der Waals surface area contributed by atoms with E-state index in [1.165, 1.54) is 0 Å². The van der Waals surface area contributed by atoms with E-state index >= 15 is 0 Å². The summed E-state index contributed by atoms with van der Waals surface area (Å²) in [6.07, 6.45) is 0. The largest absolute Gasteiger partial charge is 0.392 e. The van der Waals surface area contributed by atoms with Gasteiger partial charge >= 0.3 is 0 Å². The minimum atomic E-state index is 0.0198. The molecular weight excluding hydrogens is 239 g/mol. The highest BCUT2D eigenvalue weighted by atomic mass is 35.5. The SMILES string of the molecule is OCc1cc(CCl)c2scc(Cl)c2c1. The summed E-state index contributed by atoms with van der Waals surface area (Å²) in [4.78, 5) is 0. The zero-order chi connectivity index (χ0) is 10.1. The minimum absolute atomic E-state index is 0.0198. The normalized spacial score (nSPS) is 11.1. The van der Waals surface area contributed by atoms with Crippen LogP contribution >= 0.6 is 34.5 Å². The van der Waals surface area contributed by atoms with Crippen LogP contribution in [0.2, 0.25) is 5.02 Å². The predicted molar refractivity (Wildman–Crippen MR) is 62.3 cm³/mol. The summed E-state index contributed by atoms with van der Waals surface area (Å²) in [5.41, 5.74) is 1.89. The number of fused-ring (bicyclic) bond motifs is 1. The number of hydrogen-bond acceptors (Lipinski definition) is 2. The fourth-order valence-electron chi connectivity index (χ4n) is 1.44. The van der Waals surface area contributed by atoms with E-state index in [1.807, 2.05) is 17.5 Å². The highest BCUT2D eigenvalue weighted by Gasteiger charge is 2.08. The lowest BCUT2D eigenvalue weighted by Crippen LogP contribution is -1.86. The summed E-state index contributed by atoms with van der Waals surface area (Å²) in [6.45, 7) is 0.0198. The molecule has 1 heterocycles. The maximum atomic E-state index is 9.06. The predicted octanol–water partition coefficient (Wildman–Crippen LogP) is 3.79. The van der Waals surface area contributed by atoms with Gasteiger partial charge in [0, 0.05) is 21.3 Å². The van der Waals surface area contributed by atoms with Crippen molar-refractivity contribution in [1.29, 1.82) is 0 Å². The van der Waals surface area contributed by atoms with Crippen LogP contribution in [0.1, 0.15) is 11.1 Å². The molecule has 0 atom stereocenters. The maximum Gasteiger partial charge on any atom is 0.0682 e. The number of alkyl halides is 1. The van der Waals surface area contributed by atoms with Crippen LogP contribution in [0, 0.1) is 0 Å². The summed E-state index contributed by atoms with van der Waals surface area (Å²) < 4.78 is 1.11. The van der Waals surface area contributed by atoms with Crippen LogP contribution in [0.25, 0.3) is 10.1 Å². The van der Waals surface area contributed by atoms with Gasteiger partial charge in [-0.1, -0.05) is 17.7 Å². The second kappa shape index (κ2) is 4.07. The number of rotatable bonds is 2. The Labute approximate surface area is 95.9 Å². The van der Waals surface area contributed by atoms with Crippen molar-refractivity contribution >= 4 is 44.6 Å². The zero-order valence-electron chi connectivity index (χ0n) is 7.26. The molecule has 0 fully saturated rings. The van der Waals surface area contributed by atoms with Gasteiger partial charge in [-0.3, -0.25) is 0 Å². The Kier molecular flexibility index (Phi) is 2.98. The van der Waals surface area contributed by atoms with Crippen LogP contribution < -0.4 is 0 Å². The minimum Gasteiger partial charge on any atom is -0.392 e. The summed E-state index contributed by atoms with van der Waals surface area (Å²) in [5.74, 6) is 0.446. The second-order valence-corrected chi connectivity index (χ2v) is 4.56. The van der Waals surface area contributed by atoms with Crippen molar-refractivity contribution in [1.82, 2.24) is 0 Å². The zero-order valence-corrected chi connectivity index (χ0v) is 9.59. The van der Waals surface area contributed by atoms with Gasteiger partial charge in [-0.2, -0.15) is 0 Å². The molecule has 0 saturated carbocycles. The Bertz CT molecular complexity index is 464. The molecule has 1 aromatic heterocycles. The molecule has 0 saturated heterocycles. The third-order valence-electron chi connectivity index (χ3n) is 2.09. The van der Waals surface area contributed by atoms with E-state index in [0.717, 1.165) is 26.2 Å². The van der Waals surface area contributed by atoms with Gasteiger partial charge in [0.1, 0.15) is 0 Å². The number of benzene rings is 1. The lowest BCUT2D eigenvalue weighted by atomic mass is 10.1. The quantitative estimate of drug-likeness (QED) is 0.800. The first-order chi connectivity index (χ1) is 6.76. The Morgan fingerprint density at radius 3 is 2.79 bits per heavy atom. The molecule has 0 amide bonds. The standard InChI is InChI=1S/C10H8Cl2OS/c11-3-7-1-6(4-13)2-8-9(12)5-14-10(7)8/h1-2,5,13H,3-4H2. The van der Waals surface area contributed by atoms with E-state index in [1.54, 1.807) is 11.3 Å². The Balaban J connectivity index is 2.76. The monoisotopic (exact) mass is 246 g/mol. The topological polar surface area (TPSA) is 20.2 Å². The van der Waals surface area contributed by atoms with E-state index in [9.17, 15) is 0 Å². The number of hydrogen-bond donors (Lipinski definition) is 1. The molecule has 0 aliphatic heterocycles. The molecule has 14 heavy (non-hydrogen) atoms. The van der Waals surface area contributed by atoms with Crippen LogP contribution in [0.4, 0.5) is 0 Å². The molecule has 0 aliphatic carbocycles. The Hall–Kier alpha value is -0.280. The number of halogens is 2. The number of aliphatic hydroxyl groups excluding tert-OH is 1. The average molecular weight is 247 g/mol. The molecule has 1 nitrogen and oxygen atoms in total. The number of aliphatic hydroxyl groups is 1. The van der Waals surface area contributed by atoms with Gasteiger partial charge in [-0.05, 0) is 17.2 Å². The first kappa shape index (κ1) is 10.2. The molecule has 0 aliphatic rings. The smallest absolute Gasteiger partial charge is 0.0682 e. The average Bonchev–Trinajstić information content (AvgIpc) is 2.59. The summed E-state index contributed by atoms with van der Waals surface area (Å²) >= 11 is 13.4. The summed E-state index contributed by atoms with van der Waals surface area (Å²) in [7, 11) is 0. The van der Waals surface area contributed by atoms with Crippen LogP contribution in [0.5, 0.6) is 0 Å². The van der Waals surface area contributed by atoms with Gasteiger partial charge in [-0.25, -0.2) is 0 Å². The van der Waals surface area contributed by atoms with Crippen molar-refractivity contribution in [2.45, 2.75) is 12.5 Å². The molecule has 0 bridgehead atoms. The first-order valence-corrected chi connectivity index (χ1v) is 5.90. The van der Waals surface area contributed by atoms with Gasteiger partial charge < -0.3 is 5.11 Å². The summed E-state index contributed by atoms with van der Waals surface area (Å²) in [5, 5.41) is 12.7. The van der Waals surface area contributed by atoms with Gasteiger partial charge in [0.15, 0.2) is 0 Å². The third kappa shape index (κ3) is 1.63. The van der Waals surface area contributed by atoms with Crippen molar-refractivity contribution in [3.63, 3.8) is 0 Å². The van der Waals surface area contributed by atoms with E-state index in [2.05, 4.69) is 0 Å². The third-order valence-corrected chi connectivity index (χ3v) is 3.89. The lowest BCUT2D eigenvalue weighted by molar-refractivity contribution is 0.282. The molecule has 4 heteroatoms. The van der Waals surface area contributed by atoms with Crippen LogP contribution in [-0.4, -0.2) is 5.11 Å². The number of thiophene rings is 1.